The number of aryl methyl sites for hydroxylation is 1. The van der Waals surface area contributed by atoms with E-state index in [0.717, 1.165) is 5.56 Å². The molecule has 9 heteroatoms. The van der Waals surface area contributed by atoms with Crippen LogP contribution in [0.5, 0.6) is 5.75 Å². The molecular weight excluding hydrogens is 408 g/mol. The van der Waals surface area contributed by atoms with Gasteiger partial charge in [0.05, 0.1) is 18.2 Å². The van der Waals surface area contributed by atoms with Crippen molar-refractivity contribution in [2.24, 2.45) is 0 Å². The molecular formula is C21H22N2O6S. The highest BCUT2D eigenvalue weighted by atomic mass is 32.2. The first-order valence-electron chi connectivity index (χ1n) is 9.28. The Hall–Kier alpha value is -3.33. The summed E-state index contributed by atoms with van der Waals surface area (Å²) in [6.07, 6.45) is 0. The number of amides is 2. The molecule has 2 aromatic carbocycles. The van der Waals surface area contributed by atoms with E-state index in [1.807, 2.05) is 6.92 Å². The van der Waals surface area contributed by atoms with E-state index in [-0.39, 0.29) is 22.8 Å². The number of esters is 1. The van der Waals surface area contributed by atoms with Crippen molar-refractivity contribution in [2.75, 3.05) is 6.61 Å². The Labute approximate surface area is 175 Å². The number of benzene rings is 2. The van der Waals surface area contributed by atoms with Crippen LogP contribution in [0.4, 0.5) is 4.79 Å². The van der Waals surface area contributed by atoms with Crippen molar-refractivity contribution >= 4 is 22.1 Å². The van der Waals surface area contributed by atoms with Gasteiger partial charge in [-0.15, -0.1) is 0 Å². The Bertz CT molecular complexity index is 1090. The lowest BCUT2D eigenvalue weighted by molar-refractivity contribution is -0.139. The minimum atomic E-state index is -3.98. The average molecular weight is 430 g/mol. The Morgan fingerprint density at radius 2 is 1.67 bits per heavy atom. The van der Waals surface area contributed by atoms with E-state index in [4.69, 9.17) is 8.92 Å². The molecule has 2 aromatic rings. The molecule has 1 atom stereocenters. The van der Waals surface area contributed by atoms with Crippen LogP contribution in [0.1, 0.15) is 31.0 Å². The maximum atomic E-state index is 12.4. The van der Waals surface area contributed by atoms with Crippen LogP contribution in [-0.4, -0.2) is 27.0 Å². The number of rotatable bonds is 6. The molecule has 158 valence electrons. The Morgan fingerprint density at radius 1 is 1.03 bits per heavy atom. The van der Waals surface area contributed by atoms with E-state index in [1.54, 1.807) is 38.1 Å². The molecule has 1 aliphatic rings. The van der Waals surface area contributed by atoms with Gasteiger partial charge in [0.25, 0.3) is 0 Å². The van der Waals surface area contributed by atoms with Crippen molar-refractivity contribution in [1.29, 1.82) is 0 Å². The number of ether oxygens (including phenoxy) is 1. The monoisotopic (exact) mass is 430 g/mol. The minimum absolute atomic E-state index is 0.0472. The first kappa shape index (κ1) is 21.4. The number of hydrogen-bond acceptors (Lipinski definition) is 6. The summed E-state index contributed by atoms with van der Waals surface area (Å²) in [6.45, 7) is 5.36. The fourth-order valence-corrected chi connectivity index (χ4v) is 3.95. The lowest BCUT2D eigenvalue weighted by atomic mass is 9.95. The van der Waals surface area contributed by atoms with Crippen LogP contribution in [0.25, 0.3) is 0 Å². The molecule has 2 N–H and O–H groups in total. The molecule has 8 nitrogen and oxygen atoms in total. The van der Waals surface area contributed by atoms with Crippen molar-refractivity contribution in [3.63, 3.8) is 0 Å². The van der Waals surface area contributed by atoms with Gasteiger partial charge in [0, 0.05) is 5.70 Å². The summed E-state index contributed by atoms with van der Waals surface area (Å²) < 4.78 is 35.2. The molecule has 0 unspecified atom stereocenters. The van der Waals surface area contributed by atoms with Crippen molar-refractivity contribution in [2.45, 2.75) is 31.7 Å². The normalized spacial score (nSPS) is 16.5. The van der Waals surface area contributed by atoms with Gasteiger partial charge < -0.3 is 19.6 Å². The quantitative estimate of drug-likeness (QED) is 0.538. The van der Waals surface area contributed by atoms with Crippen molar-refractivity contribution < 1.29 is 26.9 Å². The first-order chi connectivity index (χ1) is 14.2. The van der Waals surface area contributed by atoms with Crippen LogP contribution >= 0.6 is 0 Å². The smallest absolute Gasteiger partial charge is 0.339 e. The highest BCUT2D eigenvalue weighted by Crippen LogP contribution is 2.29. The van der Waals surface area contributed by atoms with Crippen LogP contribution in [0, 0.1) is 6.92 Å². The predicted octanol–water partition coefficient (Wildman–Crippen LogP) is 2.95. The van der Waals surface area contributed by atoms with Gasteiger partial charge in [0.2, 0.25) is 0 Å². The van der Waals surface area contributed by atoms with Gasteiger partial charge in [-0.05, 0) is 50.6 Å². The zero-order valence-electron chi connectivity index (χ0n) is 16.8. The van der Waals surface area contributed by atoms with Gasteiger partial charge >= 0.3 is 22.1 Å². The third-order valence-electron chi connectivity index (χ3n) is 4.49. The molecule has 0 bridgehead atoms. The molecule has 0 spiro atoms. The fourth-order valence-electron chi connectivity index (χ4n) is 3.02. The van der Waals surface area contributed by atoms with E-state index >= 15 is 0 Å². The van der Waals surface area contributed by atoms with Crippen molar-refractivity contribution in [3.8, 4) is 5.75 Å². The van der Waals surface area contributed by atoms with E-state index in [9.17, 15) is 18.0 Å². The van der Waals surface area contributed by atoms with Crippen molar-refractivity contribution in [1.82, 2.24) is 10.6 Å². The highest BCUT2D eigenvalue weighted by molar-refractivity contribution is 7.87. The summed E-state index contributed by atoms with van der Waals surface area (Å²) >= 11 is 0. The molecule has 1 heterocycles. The van der Waals surface area contributed by atoms with Gasteiger partial charge in [-0.2, -0.15) is 8.42 Å². The van der Waals surface area contributed by atoms with Gasteiger partial charge in [0.15, 0.2) is 0 Å². The van der Waals surface area contributed by atoms with Crippen LogP contribution in [0.3, 0.4) is 0 Å². The summed E-state index contributed by atoms with van der Waals surface area (Å²) in [5.74, 6) is -0.437. The van der Waals surface area contributed by atoms with Gasteiger partial charge in [-0.25, -0.2) is 9.59 Å². The average Bonchev–Trinajstić information content (AvgIpc) is 2.68. The second-order valence-corrected chi connectivity index (χ2v) is 8.26. The molecule has 0 radical (unpaired) electrons. The first-order valence-corrected chi connectivity index (χ1v) is 10.7. The minimum Gasteiger partial charge on any atom is -0.463 e. The topological polar surface area (TPSA) is 111 Å². The van der Waals surface area contributed by atoms with E-state index in [0.29, 0.717) is 11.3 Å². The number of urea groups is 1. The van der Waals surface area contributed by atoms with Gasteiger partial charge in [-0.1, -0.05) is 29.8 Å². The standard InChI is InChI=1S/C21H22N2O6S/c1-4-28-20(24)18-14(3)22-21(25)23-19(18)15-7-9-16(10-8-15)29-30(26,27)17-11-5-13(2)6-12-17/h5-12,19H,4H2,1-3H3,(H2,22,23,25)/t19-/m0/s1. The Balaban J connectivity index is 1.85. The van der Waals surface area contributed by atoms with Crippen LogP contribution in [0.2, 0.25) is 0 Å². The zero-order valence-corrected chi connectivity index (χ0v) is 17.6. The number of allylic oxidation sites excluding steroid dienone is 1. The van der Waals surface area contributed by atoms with Gasteiger partial charge in [0.1, 0.15) is 10.6 Å². The number of carbonyl (C=O) groups excluding carboxylic acids is 2. The summed E-state index contributed by atoms with van der Waals surface area (Å²) in [4.78, 5) is 24.3. The van der Waals surface area contributed by atoms with Crippen LogP contribution in [0.15, 0.2) is 64.7 Å². The summed E-state index contributed by atoms with van der Waals surface area (Å²) in [6, 6.07) is 11.2. The molecule has 30 heavy (non-hydrogen) atoms. The Morgan fingerprint density at radius 3 is 2.27 bits per heavy atom. The molecule has 2 amide bonds. The van der Waals surface area contributed by atoms with E-state index in [1.165, 1.54) is 24.3 Å². The lowest BCUT2D eigenvalue weighted by Gasteiger charge is -2.28. The highest BCUT2D eigenvalue weighted by Gasteiger charge is 2.32. The summed E-state index contributed by atoms with van der Waals surface area (Å²) in [7, 11) is -3.98. The lowest BCUT2D eigenvalue weighted by Crippen LogP contribution is -2.45. The molecule has 0 fully saturated rings. The van der Waals surface area contributed by atoms with Crippen LogP contribution < -0.4 is 14.8 Å². The second-order valence-electron chi connectivity index (χ2n) is 6.71. The Kier molecular flexibility index (Phi) is 6.12. The maximum Gasteiger partial charge on any atom is 0.339 e. The predicted molar refractivity (Wildman–Crippen MR) is 109 cm³/mol. The van der Waals surface area contributed by atoms with Crippen molar-refractivity contribution in [3.05, 3.63) is 70.9 Å². The molecule has 1 aliphatic heterocycles. The summed E-state index contributed by atoms with van der Waals surface area (Å²) in [5, 5.41) is 5.24. The van der Waals surface area contributed by atoms with E-state index in [2.05, 4.69) is 10.6 Å². The molecule has 0 aromatic heterocycles. The van der Waals surface area contributed by atoms with Crippen LogP contribution in [-0.2, 0) is 19.6 Å². The maximum absolute atomic E-state index is 12.4. The second kappa shape index (κ2) is 8.58. The zero-order chi connectivity index (χ0) is 21.9. The number of carbonyl (C=O) groups is 2. The summed E-state index contributed by atoms with van der Waals surface area (Å²) in [5.41, 5.74) is 2.18. The molecule has 0 saturated carbocycles. The molecule has 3 rings (SSSR count). The third-order valence-corrected chi connectivity index (χ3v) is 5.75. The SMILES string of the molecule is CCOC(=O)C1=C(C)NC(=O)N[C@H]1c1ccc(OS(=O)(=O)c2ccc(C)cc2)cc1. The molecule has 0 saturated heterocycles. The number of hydrogen-bond donors (Lipinski definition) is 2. The number of nitrogens with one attached hydrogen (secondary N) is 2. The molecule has 0 aliphatic carbocycles. The third kappa shape index (κ3) is 4.62. The van der Waals surface area contributed by atoms with E-state index < -0.39 is 28.2 Å². The fraction of sp³-hybridized carbons (Fsp3) is 0.238. The largest absolute Gasteiger partial charge is 0.463 e. The van der Waals surface area contributed by atoms with Gasteiger partial charge in [-0.3, -0.25) is 0 Å².